The van der Waals surface area contributed by atoms with E-state index in [9.17, 15) is 22.8 Å². The topological polar surface area (TPSA) is 111 Å². The van der Waals surface area contributed by atoms with Crippen LogP contribution in [-0.2, 0) is 11.0 Å². The Balaban J connectivity index is 3.02. The zero-order chi connectivity index (χ0) is 14.6. The maximum Gasteiger partial charge on any atom is 0.433 e. The van der Waals surface area contributed by atoms with Gasteiger partial charge in [-0.15, -0.1) is 0 Å². The molecule has 0 spiro atoms. The molecule has 5 N–H and O–H groups in total. The van der Waals surface area contributed by atoms with E-state index in [0.717, 1.165) is 6.07 Å². The van der Waals surface area contributed by atoms with Crippen LogP contribution >= 0.6 is 0 Å². The van der Waals surface area contributed by atoms with Crippen LogP contribution in [0.2, 0.25) is 0 Å². The molecule has 0 saturated carbocycles. The summed E-state index contributed by atoms with van der Waals surface area (Å²) in [6.07, 6.45) is -4.76. The monoisotopic (exact) mass is 276 g/mol. The van der Waals surface area contributed by atoms with Gasteiger partial charge < -0.3 is 16.8 Å². The van der Waals surface area contributed by atoms with Gasteiger partial charge in [0.2, 0.25) is 5.91 Å². The van der Waals surface area contributed by atoms with E-state index in [1.54, 1.807) is 0 Å². The van der Waals surface area contributed by atoms with Crippen molar-refractivity contribution in [2.75, 3.05) is 11.9 Å². The number of nitrogens with two attached hydrogens (primary N) is 2. The summed E-state index contributed by atoms with van der Waals surface area (Å²) in [4.78, 5) is 24.8. The fraction of sp³-hybridized carbons (Fsp3) is 0.300. The van der Waals surface area contributed by atoms with Gasteiger partial charge in [-0.25, -0.2) is 4.98 Å². The first-order valence-electron chi connectivity index (χ1n) is 5.12. The molecule has 0 aliphatic carbocycles. The summed E-state index contributed by atoms with van der Waals surface area (Å²) in [5.41, 5.74) is 8.53. The lowest BCUT2D eigenvalue weighted by atomic mass is 10.2. The van der Waals surface area contributed by atoms with Crippen LogP contribution in [0.4, 0.5) is 19.0 Å². The van der Waals surface area contributed by atoms with Crippen molar-refractivity contribution in [3.8, 4) is 0 Å². The fourth-order valence-corrected chi connectivity index (χ4v) is 1.25. The molecule has 0 aromatic carbocycles. The Hall–Kier alpha value is -2.32. The van der Waals surface area contributed by atoms with Gasteiger partial charge in [0, 0.05) is 13.0 Å². The van der Waals surface area contributed by atoms with Gasteiger partial charge in [-0.2, -0.15) is 13.2 Å². The third-order valence-electron chi connectivity index (χ3n) is 2.11. The highest BCUT2D eigenvalue weighted by Gasteiger charge is 2.33. The highest BCUT2D eigenvalue weighted by molar-refractivity contribution is 5.97. The number of nitrogens with one attached hydrogen (secondary N) is 1. The number of pyridine rings is 1. The predicted octanol–water partition coefficient (Wildman–Crippen LogP) is 0.487. The van der Waals surface area contributed by atoms with Gasteiger partial charge in [0.15, 0.2) is 0 Å². The van der Waals surface area contributed by atoms with E-state index in [0.29, 0.717) is 6.07 Å². The van der Waals surface area contributed by atoms with Crippen LogP contribution in [0.5, 0.6) is 0 Å². The van der Waals surface area contributed by atoms with Crippen LogP contribution in [0, 0.1) is 0 Å². The van der Waals surface area contributed by atoms with Crippen molar-refractivity contribution in [3.63, 3.8) is 0 Å². The molecule has 0 fully saturated rings. The second kappa shape index (κ2) is 5.55. The van der Waals surface area contributed by atoms with Crippen LogP contribution in [0.15, 0.2) is 12.1 Å². The summed E-state index contributed by atoms with van der Waals surface area (Å²) >= 11 is 0. The van der Waals surface area contributed by atoms with Crippen molar-refractivity contribution >= 4 is 17.6 Å². The first kappa shape index (κ1) is 14.7. The van der Waals surface area contributed by atoms with Crippen LogP contribution < -0.4 is 16.8 Å². The minimum atomic E-state index is -4.64. The maximum atomic E-state index is 12.5. The molecule has 0 saturated heterocycles. The first-order valence-corrected chi connectivity index (χ1v) is 5.12. The van der Waals surface area contributed by atoms with E-state index in [4.69, 9.17) is 11.5 Å². The third-order valence-corrected chi connectivity index (χ3v) is 2.11. The summed E-state index contributed by atoms with van der Waals surface area (Å²) in [6, 6.07) is 1.57. The average molecular weight is 276 g/mol. The Morgan fingerprint density at radius 2 is 1.89 bits per heavy atom. The molecule has 0 bridgehead atoms. The number of carbonyl (C=O) groups excluding carboxylic acids is 2. The van der Waals surface area contributed by atoms with Crippen molar-refractivity contribution in [1.82, 2.24) is 4.98 Å². The van der Waals surface area contributed by atoms with Gasteiger partial charge in [0.05, 0.1) is 5.56 Å². The first-order chi connectivity index (χ1) is 8.71. The number of hydrogen-bond acceptors (Lipinski definition) is 4. The number of hydrogen-bond donors (Lipinski definition) is 3. The molecule has 1 rings (SSSR count). The quantitative estimate of drug-likeness (QED) is 0.726. The van der Waals surface area contributed by atoms with E-state index >= 15 is 0 Å². The van der Waals surface area contributed by atoms with Gasteiger partial charge in [0.25, 0.3) is 5.91 Å². The molecule has 0 atom stereocenters. The maximum absolute atomic E-state index is 12.5. The summed E-state index contributed by atoms with van der Waals surface area (Å²) < 4.78 is 37.4. The molecule has 2 amide bonds. The zero-order valence-electron chi connectivity index (χ0n) is 9.62. The highest BCUT2D eigenvalue weighted by Crippen LogP contribution is 2.29. The van der Waals surface area contributed by atoms with Crippen molar-refractivity contribution in [2.45, 2.75) is 12.6 Å². The number of amides is 2. The lowest BCUT2D eigenvalue weighted by molar-refractivity contribution is -0.141. The molecule has 0 aliphatic rings. The molecular weight excluding hydrogens is 265 g/mol. The largest absolute Gasteiger partial charge is 0.433 e. The van der Waals surface area contributed by atoms with E-state index in [2.05, 4.69) is 10.3 Å². The van der Waals surface area contributed by atoms with E-state index in [-0.39, 0.29) is 24.3 Å². The smallest absolute Gasteiger partial charge is 0.370 e. The highest BCUT2D eigenvalue weighted by atomic mass is 19.4. The summed E-state index contributed by atoms with van der Waals surface area (Å²) in [7, 11) is 0. The van der Waals surface area contributed by atoms with Crippen LogP contribution in [0.3, 0.4) is 0 Å². The molecular formula is C10H11F3N4O2. The van der Waals surface area contributed by atoms with Gasteiger partial charge in [0.1, 0.15) is 11.5 Å². The molecule has 19 heavy (non-hydrogen) atoms. The molecule has 9 heteroatoms. The van der Waals surface area contributed by atoms with E-state index < -0.39 is 23.7 Å². The van der Waals surface area contributed by atoms with Crippen LogP contribution in [-0.4, -0.2) is 23.3 Å². The summed E-state index contributed by atoms with van der Waals surface area (Å²) in [5, 5.41) is 2.43. The normalized spacial score (nSPS) is 11.1. The standard InChI is InChI=1S/C10H11F3N4O2/c11-10(12,13)6-2-1-5(8(15)19)9(17-6)16-4-3-7(14)18/h1-2H,3-4H2,(H2,14,18)(H2,15,19)(H,16,17). The lowest BCUT2D eigenvalue weighted by Crippen LogP contribution is -2.21. The van der Waals surface area contributed by atoms with Crippen molar-refractivity contribution in [1.29, 1.82) is 0 Å². The van der Waals surface area contributed by atoms with Crippen LogP contribution in [0.1, 0.15) is 22.5 Å². The summed E-state index contributed by atoms with van der Waals surface area (Å²) in [5.74, 6) is -1.90. The Labute approximate surface area is 106 Å². The Morgan fingerprint density at radius 1 is 1.26 bits per heavy atom. The molecule has 0 aliphatic heterocycles. The number of alkyl halides is 3. The summed E-state index contributed by atoms with van der Waals surface area (Å²) in [6.45, 7) is -0.0517. The second-order valence-corrected chi connectivity index (χ2v) is 3.60. The average Bonchev–Trinajstić information content (AvgIpc) is 2.26. The van der Waals surface area contributed by atoms with Gasteiger partial charge >= 0.3 is 6.18 Å². The van der Waals surface area contributed by atoms with Gasteiger partial charge in [-0.3, -0.25) is 9.59 Å². The number of nitrogens with zero attached hydrogens (tertiary/aromatic N) is 1. The van der Waals surface area contributed by atoms with Gasteiger partial charge in [-0.1, -0.05) is 0 Å². The number of primary amides is 2. The molecule has 1 aromatic heterocycles. The molecule has 6 nitrogen and oxygen atoms in total. The fourth-order valence-electron chi connectivity index (χ4n) is 1.25. The molecule has 0 radical (unpaired) electrons. The van der Waals surface area contributed by atoms with Crippen molar-refractivity contribution < 1.29 is 22.8 Å². The number of halogens is 3. The molecule has 1 aromatic rings. The zero-order valence-corrected chi connectivity index (χ0v) is 9.62. The number of carbonyl (C=O) groups is 2. The number of aromatic nitrogens is 1. The number of anilines is 1. The van der Waals surface area contributed by atoms with Crippen molar-refractivity contribution in [2.24, 2.45) is 11.5 Å². The minimum Gasteiger partial charge on any atom is -0.370 e. The predicted molar refractivity (Wildman–Crippen MR) is 60.1 cm³/mol. The second-order valence-electron chi connectivity index (χ2n) is 3.60. The third kappa shape index (κ3) is 4.12. The molecule has 0 unspecified atom stereocenters. The van der Waals surface area contributed by atoms with E-state index in [1.165, 1.54) is 0 Å². The lowest BCUT2D eigenvalue weighted by Gasteiger charge is -2.12. The Morgan fingerprint density at radius 3 is 2.37 bits per heavy atom. The minimum absolute atomic E-state index is 0.0517. The van der Waals surface area contributed by atoms with E-state index in [1.807, 2.05) is 0 Å². The Bertz CT molecular complexity index is 502. The molecule has 1 heterocycles. The Kier molecular flexibility index (Phi) is 4.30. The van der Waals surface area contributed by atoms with Crippen LogP contribution in [0.25, 0.3) is 0 Å². The number of rotatable bonds is 5. The molecule has 104 valence electrons. The SMILES string of the molecule is NC(=O)CCNc1nc(C(F)(F)F)ccc1C(N)=O. The van der Waals surface area contributed by atoms with Gasteiger partial charge in [-0.05, 0) is 12.1 Å². The van der Waals surface area contributed by atoms with Crippen molar-refractivity contribution in [3.05, 3.63) is 23.4 Å².